The number of benzene rings is 1. The van der Waals surface area contributed by atoms with Gasteiger partial charge in [-0.3, -0.25) is 4.79 Å². The zero-order valence-corrected chi connectivity index (χ0v) is 11.8. The molecule has 2 rings (SSSR count). The third-order valence-electron chi connectivity index (χ3n) is 4.02. The average Bonchev–Trinajstić information content (AvgIpc) is 2.40. The number of aromatic hydroxyl groups is 1. The Hall–Kier alpha value is -1.43. The smallest absolute Gasteiger partial charge is 0.416 e. The van der Waals surface area contributed by atoms with Crippen molar-refractivity contribution in [2.24, 2.45) is 0 Å². The maximum atomic E-state index is 13.2. The van der Waals surface area contributed by atoms with Crippen molar-refractivity contribution in [2.45, 2.75) is 43.7 Å². The van der Waals surface area contributed by atoms with Crippen molar-refractivity contribution >= 4 is 17.6 Å². The number of rotatable bonds is 2. The number of aliphatic carboxylic acids is 1. The minimum Gasteiger partial charge on any atom is -0.506 e. The quantitative estimate of drug-likeness (QED) is 0.851. The molecule has 3 nitrogen and oxygen atoms in total. The SMILES string of the molecule is O=C(O)C1(c2cc(Cl)c(O)cc2C(F)(F)F)CCCCC1. The minimum absolute atomic E-state index is 0.131. The molecule has 0 spiro atoms. The maximum Gasteiger partial charge on any atom is 0.416 e. The third-order valence-corrected chi connectivity index (χ3v) is 4.33. The van der Waals surface area contributed by atoms with Crippen LogP contribution in [-0.2, 0) is 16.4 Å². The summed E-state index contributed by atoms with van der Waals surface area (Å²) in [5, 5.41) is 18.7. The number of carboxylic acid groups (broad SMARTS) is 1. The van der Waals surface area contributed by atoms with E-state index in [0.717, 1.165) is 12.5 Å². The Morgan fingerprint density at radius 2 is 1.76 bits per heavy atom. The first-order chi connectivity index (χ1) is 9.68. The van der Waals surface area contributed by atoms with E-state index in [9.17, 15) is 28.2 Å². The van der Waals surface area contributed by atoms with Crippen LogP contribution in [0.25, 0.3) is 0 Å². The molecule has 1 aliphatic rings. The fourth-order valence-electron chi connectivity index (χ4n) is 2.95. The summed E-state index contributed by atoms with van der Waals surface area (Å²) < 4.78 is 39.6. The van der Waals surface area contributed by atoms with Crippen LogP contribution in [0.1, 0.15) is 43.2 Å². The Morgan fingerprint density at radius 3 is 2.24 bits per heavy atom. The monoisotopic (exact) mass is 322 g/mol. The average molecular weight is 323 g/mol. The normalized spacial score (nSPS) is 18.5. The fraction of sp³-hybridized carbons (Fsp3) is 0.500. The van der Waals surface area contributed by atoms with Gasteiger partial charge in [0, 0.05) is 0 Å². The Bertz CT molecular complexity index is 563. The number of hydrogen-bond donors (Lipinski definition) is 2. The molecule has 0 heterocycles. The number of carboxylic acids is 1. The van der Waals surface area contributed by atoms with Gasteiger partial charge in [0.1, 0.15) is 5.75 Å². The van der Waals surface area contributed by atoms with E-state index in [1.165, 1.54) is 0 Å². The summed E-state index contributed by atoms with van der Waals surface area (Å²) in [5.41, 5.74) is -3.08. The summed E-state index contributed by atoms with van der Waals surface area (Å²) in [6.45, 7) is 0. The van der Waals surface area contributed by atoms with Gasteiger partial charge >= 0.3 is 12.1 Å². The third kappa shape index (κ3) is 2.81. The van der Waals surface area contributed by atoms with Crippen LogP contribution in [0.5, 0.6) is 5.75 Å². The maximum absolute atomic E-state index is 13.2. The molecule has 1 aliphatic carbocycles. The van der Waals surface area contributed by atoms with Crippen LogP contribution in [0.2, 0.25) is 5.02 Å². The lowest BCUT2D eigenvalue weighted by Gasteiger charge is -2.35. The molecule has 0 unspecified atom stereocenters. The van der Waals surface area contributed by atoms with Gasteiger partial charge in [0.25, 0.3) is 0 Å². The first kappa shape index (κ1) is 15.9. The summed E-state index contributed by atoms with van der Waals surface area (Å²) in [7, 11) is 0. The Labute approximate surface area is 124 Å². The van der Waals surface area contributed by atoms with Crippen LogP contribution in [0.4, 0.5) is 13.2 Å². The molecule has 1 aromatic rings. The summed E-state index contributed by atoms with van der Waals surface area (Å²) in [4.78, 5) is 11.7. The van der Waals surface area contributed by atoms with Gasteiger partial charge in [-0.1, -0.05) is 30.9 Å². The summed E-state index contributed by atoms with van der Waals surface area (Å²) in [5.74, 6) is -1.99. The van der Waals surface area contributed by atoms with E-state index < -0.39 is 28.9 Å². The Kier molecular flexibility index (Phi) is 4.10. The topological polar surface area (TPSA) is 57.5 Å². The molecule has 2 N–H and O–H groups in total. The van der Waals surface area contributed by atoms with E-state index in [-0.39, 0.29) is 23.4 Å². The van der Waals surface area contributed by atoms with Crippen LogP contribution in [0, 0.1) is 0 Å². The predicted molar refractivity (Wildman–Crippen MR) is 70.5 cm³/mol. The van der Waals surface area contributed by atoms with Gasteiger partial charge < -0.3 is 10.2 Å². The molecule has 0 saturated heterocycles. The first-order valence-corrected chi connectivity index (χ1v) is 6.90. The lowest BCUT2D eigenvalue weighted by Crippen LogP contribution is -2.39. The molecule has 0 bridgehead atoms. The minimum atomic E-state index is -4.75. The number of alkyl halides is 3. The van der Waals surface area contributed by atoms with E-state index in [1.54, 1.807) is 0 Å². The predicted octanol–water partition coefficient (Wildman–Crippen LogP) is 4.35. The van der Waals surface area contributed by atoms with Gasteiger partial charge in [0.15, 0.2) is 0 Å². The summed E-state index contributed by atoms with van der Waals surface area (Å²) in [6, 6.07) is 1.45. The highest BCUT2D eigenvalue weighted by molar-refractivity contribution is 6.32. The standard InChI is InChI=1S/C14H14ClF3O3/c15-10-6-8(9(7-11(10)19)14(16,17)18)13(12(20)21)4-2-1-3-5-13/h6-7,19H,1-5H2,(H,20,21). The molecule has 0 amide bonds. The lowest BCUT2D eigenvalue weighted by molar-refractivity contribution is -0.147. The van der Waals surface area contributed by atoms with Crippen molar-refractivity contribution in [2.75, 3.05) is 0 Å². The van der Waals surface area contributed by atoms with Crippen molar-refractivity contribution in [3.05, 3.63) is 28.3 Å². The van der Waals surface area contributed by atoms with Gasteiger partial charge in [0.05, 0.1) is 16.0 Å². The molecule has 0 radical (unpaired) electrons. The molecule has 1 aromatic carbocycles. The first-order valence-electron chi connectivity index (χ1n) is 6.52. The molecule has 7 heteroatoms. The molecule has 116 valence electrons. The molecular weight excluding hydrogens is 309 g/mol. The van der Waals surface area contributed by atoms with E-state index in [0.29, 0.717) is 18.9 Å². The molecular formula is C14H14ClF3O3. The van der Waals surface area contributed by atoms with Gasteiger partial charge in [0.2, 0.25) is 0 Å². The second kappa shape index (κ2) is 5.40. The van der Waals surface area contributed by atoms with E-state index in [2.05, 4.69) is 0 Å². The van der Waals surface area contributed by atoms with Crippen molar-refractivity contribution in [1.29, 1.82) is 0 Å². The number of phenols is 1. The van der Waals surface area contributed by atoms with E-state index in [1.807, 2.05) is 0 Å². The second-order valence-electron chi connectivity index (χ2n) is 5.29. The molecule has 1 fully saturated rings. The number of phenolic OH excluding ortho intramolecular Hbond substituents is 1. The van der Waals surface area contributed by atoms with E-state index in [4.69, 9.17) is 11.6 Å². The highest BCUT2D eigenvalue weighted by Crippen LogP contribution is 2.47. The van der Waals surface area contributed by atoms with Crippen molar-refractivity contribution in [3.8, 4) is 5.75 Å². The van der Waals surface area contributed by atoms with Gasteiger partial charge in [-0.05, 0) is 30.5 Å². The van der Waals surface area contributed by atoms with Crippen LogP contribution in [-0.4, -0.2) is 16.2 Å². The van der Waals surface area contributed by atoms with Crippen LogP contribution >= 0.6 is 11.6 Å². The Morgan fingerprint density at radius 1 is 1.19 bits per heavy atom. The zero-order chi connectivity index (χ0) is 15.8. The summed E-state index contributed by atoms with van der Waals surface area (Å²) >= 11 is 5.71. The highest BCUT2D eigenvalue weighted by atomic mass is 35.5. The van der Waals surface area contributed by atoms with E-state index >= 15 is 0 Å². The zero-order valence-electron chi connectivity index (χ0n) is 11.0. The largest absolute Gasteiger partial charge is 0.506 e. The Balaban J connectivity index is 2.70. The fourth-order valence-corrected chi connectivity index (χ4v) is 3.11. The van der Waals surface area contributed by atoms with Crippen molar-refractivity contribution < 1.29 is 28.2 Å². The molecule has 0 aromatic heterocycles. The number of halogens is 4. The van der Waals surface area contributed by atoms with Crippen LogP contribution < -0.4 is 0 Å². The molecule has 0 atom stereocenters. The molecule has 21 heavy (non-hydrogen) atoms. The van der Waals surface area contributed by atoms with Crippen molar-refractivity contribution in [3.63, 3.8) is 0 Å². The van der Waals surface area contributed by atoms with Gasteiger partial charge in [-0.2, -0.15) is 13.2 Å². The summed E-state index contributed by atoms with van der Waals surface area (Å²) in [6.07, 6.45) is -2.61. The van der Waals surface area contributed by atoms with Crippen molar-refractivity contribution in [1.82, 2.24) is 0 Å². The molecule has 1 saturated carbocycles. The molecule has 0 aliphatic heterocycles. The second-order valence-corrected chi connectivity index (χ2v) is 5.70. The number of carbonyl (C=O) groups is 1. The number of hydrogen-bond acceptors (Lipinski definition) is 2. The van der Waals surface area contributed by atoms with Crippen LogP contribution in [0.15, 0.2) is 12.1 Å². The van der Waals surface area contributed by atoms with Gasteiger partial charge in [-0.15, -0.1) is 0 Å². The lowest BCUT2D eigenvalue weighted by atomic mass is 9.68. The van der Waals surface area contributed by atoms with Gasteiger partial charge in [-0.25, -0.2) is 0 Å². The highest BCUT2D eigenvalue weighted by Gasteiger charge is 2.47. The van der Waals surface area contributed by atoms with Crippen LogP contribution in [0.3, 0.4) is 0 Å².